The van der Waals surface area contributed by atoms with E-state index in [1.807, 2.05) is 0 Å². The minimum atomic E-state index is -2.28. The van der Waals surface area contributed by atoms with Crippen molar-refractivity contribution in [3.8, 4) is 0 Å². The summed E-state index contributed by atoms with van der Waals surface area (Å²) in [6.07, 6.45) is 6.75. The van der Waals surface area contributed by atoms with E-state index in [4.69, 9.17) is 13.2 Å². The van der Waals surface area contributed by atoms with E-state index in [0.717, 1.165) is 6.54 Å². The van der Waals surface area contributed by atoms with Gasteiger partial charge in [-0.3, -0.25) is 0 Å². The molecule has 0 atom stereocenters. The van der Waals surface area contributed by atoms with Crippen molar-refractivity contribution in [2.45, 2.75) is 72.7 Å². The van der Waals surface area contributed by atoms with Crippen molar-refractivity contribution in [2.24, 2.45) is 5.73 Å². The van der Waals surface area contributed by atoms with Gasteiger partial charge < -0.3 is 0 Å². The Kier molecular flexibility index (Phi) is 10.0. The Morgan fingerprint density at radius 3 is 2.22 bits per heavy atom. The third kappa shape index (κ3) is 6.90. The van der Waals surface area contributed by atoms with Crippen LogP contribution in [-0.2, 0) is 6.54 Å². The number of unbranched alkanes of at least 4 members (excludes halogenated alkanes) is 2. The fraction of sp³-hybridized carbons (Fsp3) is 0.632. The van der Waals surface area contributed by atoms with Gasteiger partial charge in [0.25, 0.3) is 0 Å². The Morgan fingerprint density at radius 1 is 1.04 bits per heavy atom. The monoisotopic (exact) mass is 421 g/mol. The second kappa shape index (κ2) is 11.2. The number of rotatable bonds is 12. The van der Waals surface area contributed by atoms with E-state index in [9.17, 15) is 0 Å². The molecule has 0 unspecified atom stereocenters. The summed E-state index contributed by atoms with van der Waals surface area (Å²) >= 11 is -2.28. The molecule has 0 amide bonds. The predicted octanol–water partition coefficient (Wildman–Crippen LogP) is 3.66. The van der Waals surface area contributed by atoms with Gasteiger partial charge in [0.2, 0.25) is 0 Å². The summed E-state index contributed by atoms with van der Waals surface area (Å²) in [5.41, 5.74) is 7.15. The van der Waals surface area contributed by atoms with Gasteiger partial charge in [0.05, 0.1) is 0 Å². The number of nitrogens with two attached hydrogens (primary N) is 1. The summed E-state index contributed by atoms with van der Waals surface area (Å²) in [6, 6.07) is 9.28. The molecule has 0 aromatic heterocycles. The van der Waals surface area contributed by atoms with Gasteiger partial charge in [-0.1, -0.05) is 0 Å². The maximum absolute atomic E-state index is 5.54. The third-order valence-electron chi connectivity index (χ3n) is 4.78. The van der Waals surface area contributed by atoms with Crippen LogP contribution >= 0.6 is 0 Å². The maximum atomic E-state index is 5.54. The van der Waals surface area contributed by atoms with Gasteiger partial charge in [-0.15, -0.1) is 0 Å². The van der Waals surface area contributed by atoms with E-state index in [1.54, 1.807) is 3.58 Å². The van der Waals surface area contributed by atoms with Crippen LogP contribution in [-0.4, -0.2) is 31.6 Å². The van der Waals surface area contributed by atoms with Gasteiger partial charge in [0.1, 0.15) is 0 Å². The van der Waals surface area contributed by atoms with Gasteiger partial charge in [0, 0.05) is 0 Å². The van der Waals surface area contributed by atoms with E-state index >= 15 is 0 Å². The first-order valence-electron chi connectivity index (χ1n) is 9.29. The Hall–Kier alpha value is -0.446. The van der Waals surface area contributed by atoms with E-state index < -0.39 is 18.4 Å². The first kappa shape index (κ1) is 20.6. The van der Waals surface area contributed by atoms with E-state index in [-0.39, 0.29) is 0 Å². The SMILES string of the molecule is [B]=C(N)NCc1ccc[c]([Sn]([CH2]CC)([CH2]CCC)[CH2]CCC)c1. The summed E-state index contributed by atoms with van der Waals surface area (Å²) < 4.78 is 6.19. The molecule has 0 saturated carbocycles. The molecule has 1 aromatic carbocycles. The second-order valence-electron chi connectivity index (χ2n) is 6.75. The number of nitrogens with one attached hydrogen (secondary N) is 1. The first-order chi connectivity index (χ1) is 11.1. The van der Waals surface area contributed by atoms with Crippen LogP contribution in [0.1, 0.15) is 58.4 Å². The van der Waals surface area contributed by atoms with Gasteiger partial charge in [-0.2, -0.15) is 0 Å². The Labute approximate surface area is 148 Å². The molecule has 0 fully saturated rings. The fourth-order valence-corrected chi connectivity index (χ4v) is 19.4. The molecule has 1 radical (unpaired) electrons. The van der Waals surface area contributed by atoms with Gasteiger partial charge in [-0.05, 0) is 0 Å². The molecule has 1 aromatic rings. The number of hydrogen-bond acceptors (Lipinski definition) is 2. The molecule has 0 aliphatic carbocycles. The summed E-state index contributed by atoms with van der Waals surface area (Å²) in [4.78, 5) is 0. The second-order valence-corrected chi connectivity index (χ2v) is 20.0. The number of benzene rings is 1. The molecule has 0 aliphatic rings. The quantitative estimate of drug-likeness (QED) is 0.507. The topological polar surface area (TPSA) is 38.0 Å². The van der Waals surface area contributed by atoms with Crippen LogP contribution in [0.4, 0.5) is 0 Å². The van der Waals surface area contributed by atoms with Crippen molar-refractivity contribution in [3.63, 3.8) is 0 Å². The Balaban J connectivity index is 3.06. The molecule has 23 heavy (non-hydrogen) atoms. The molecule has 3 N–H and O–H groups in total. The summed E-state index contributed by atoms with van der Waals surface area (Å²) in [5.74, 6) is 0. The van der Waals surface area contributed by atoms with Crippen LogP contribution < -0.4 is 14.6 Å². The zero-order valence-electron chi connectivity index (χ0n) is 15.3. The average Bonchev–Trinajstić information content (AvgIpc) is 2.56. The van der Waals surface area contributed by atoms with E-state index in [2.05, 4.69) is 50.4 Å². The van der Waals surface area contributed by atoms with Crippen LogP contribution in [0.3, 0.4) is 0 Å². The molecular weight excluding hydrogens is 386 g/mol. The molecule has 2 nitrogen and oxygen atoms in total. The first-order valence-corrected chi connectivity index (χ1v) is 16.8. The van der Waals surface area contributed by atoms with Crippen LogP contribution in [0, 0.1) is 0 Å². The van der Waals surface area contributed by atoms with Crippen molar-refractivity contribution >= 4 is 35.2 Å². The molecule has 0 heterocycles. The zero-order valence-corrected chi connectivity index (χ0v) is 18.2. The van der Waals surface area contributed by atoms with Gasteiger partial charge >= 0.3 is 149 Å². The van der Waals surface area contributed by atoms with Crippen LogP contribution in [0.15, 0.2) is 24.3 Å². The molecule has 1 rings (SSSR count). The van der Waals surface area contributed by atoms with Crippen LogP contribution in [0.2, 0.25) is 13.3 Å². The third-order valence-corrected chi connectivity index (χ3v) is 20.8. The Morgan fingerprint density at radius 2 is 1.70 bits per heavy atom. The summed E-state index contributed by atoms with van der Waals surface area (Å²) in [6.45, 7) is 7.73. The summed E-state index contributed by atoms with van der Waals surface area (Å²) in [7, 11) is 5.54. The van der Waals surface area contributed by atoms with E-state index in [1.165, 1.54) is 51.0 Å². The molecular formula is C19H34BN2Sn. The van der Waals surface area contributed by atoms with Crippen molar-refractivity contribution in [1.82, 2.24) is 5.32 Å². The minimum absolute atomic E-state index is 0.302. The molecule has 127 valence electrons. The number of hydrogen-bond donors (Lipinski definition) is 2. The Bertz CT molecular complexity index is 468. The van der Waals surface area contributed by atoms with Gasteiger partial charge in [0.15, 0.2) is 0 Å². The predicted molar refractivity (Wildman–Crippen MR) is 108 cm³/mol. The molecule has 0 bridgehead atoms. The van der Waals surface area contributed by atoms with Crippen molar-refractivity contribution in [3.05, 3.63) is 29.8 Å². The van der Waals surface area contributed by atoms with Crippen molar-refractivity contribution < 1.29 is 0 Å². The van der Waals surface area contributed by atoms with Crippen molar-refractivity contribution in [1.29, 1.82) is 0 Å². The van der Waals surface area contributed by atoms with Crippen LogP contribution in [0.5, 0.6) is 0 Å². The zero-order chi connectivity index (χ0) is 17.1. The van der Waals surface area contributed by atoms with E-state index in [0.29, 0.717) is 5.71 Å². The van der Waals surface area contributed by atoms with Gasteiger partial charge in [-0.25, -0.2) is 0 Å². The standard InChI is InChI=1S/C8H9BN2.2C4H9.C3H7.Sn/c9-8(10)11-6-7-4-2-1-3-5-7;2*1-3-4-2;1-3-2;/h1-2,4-5,11H,6,10H2;2*1,3-4H2,2H3;1,3H2,2H3;. The normalized spacial score (nSPS) is 11.4. The average molecular weight is 420 g/mol. The molecule has 0 saturated heterocycles. The molecule has 0 aliphatic heterocycles. The van der Waals surface area contributed by atoms with Crippen molar-refractivity contribution in [2.75, 3.05) is 0 Å². The molecule has 4 heteroatoms. The summed E-state index contributed by atoms with van der Waals surface area (Å²) in [5, 5.41) is 3.05. The fourth-order valence-electron chi connectivity index (χ4n) is 3.53. The molecule has 0 spiro atoms. The van der Waals surface area contributed by atoms with Crippen LogP contribution in [0.25, 0.3) is 0 Å².